The van der Waals surface area contributed by atoms with E-state index in [4.69, 9.17) is 10.2 Å². The van der Waals surface area contributed by atoms with Gasteiger partial charge in [-0.1, -0.05) is 12.1 Å². The quantitative estimate of drug-likeness (QED) is 0.784. The summed E-state index contributed by atoms with van der Waals surface area (Å²) in [6.07, 6.45) is 1.26. The van der Waals surface area contributed by atoms with Crippen LogP contribution >= 0.6 is 0 Å². The number of aromatic nitrogens is 1. The van der Waals surface area contributed by atoms with Gasteiger partial charge in [-0.2, -0.15) is 0 Å². The van der Waals surface area contributed by atoms with E-state index in [-0.39, 0.29) is 11.7 Å². The molecule has 17 heavy (non-hydrogen) atoms. The molecule has 1 amide bonds. The van der Waals surface area contributed by atoms with E-state index in [0.717, 1.165) is 5.56 Å². The van der Waals surface area contributed by atoms with Gasteiger partial charge < -0.3 is 15.5 Å². The van der Waals surface area contributed by atoms with E-state index in [2.05, 4.69) is 10.3 Å². The Kier molecular flexibility index (Phi) is 3.09. The number of amides is 1. The van der Waals surface area contributed by atoms with Crippen molar-refractivity contribution in [2.24, 2.45) is 0 Å². The SMILES string of the molecule is Cc1ncoc1C(=O)NCc1ccc(N)cc1. The number of nitrogens with zero attached hydrogens (tertiary/aromatic N) is 1. The summed E-state index contributed by atoms with van der Waals surface area (Å²) < 4.78 is 4.99. The maximum absolute atomic E-state index is 11.7. The number of carbonyl (C=O) groups is 1. The molecule has 3 N–H and O–H groups in total. The smallest absolute Gasteiger partial charge is 0.289 e. The third-order valence-electron chi connectivity index (χ3n) is 2.38. The Balaban J connectivity index is 1.97. The fraction of sp³-hybridized carbons (Fsp3) is 0.167. The average molecular weight is 231 g/mol. The average Bonchev–Trinajstić information content (AvgIpc) is 2.74. The van der Waals surface area contributed by atoms with Crippen LogP contribution in [0.1, 0.15) is 21.8 Å². The number of hydrogen-bond acceptors (Lipinski definition) is 4. The molecule has 2 rings (SSSR count). The summed E-state index contributed by atoms with van der Waals surface area (Å²) in [5.41, 5.74) is 7.83. The second kappa shape index (κ2) is 4.69. The van der Waals surface area contributed by atoms with Crippen LogP contribution in [0.3, 0.4) is 0 Å². The highest BCUT2D eigenvalue weighted by molar-refractivity contribution is 5.92. The van der Waals surface area contributed by atoms with Crippen molar-refractivity contribution in [1.29, 1.82) is 0 Å². The standard InChI is InChI=1S/C12H13N3O2/c1-8-11(17-7-15-8)12(16)14-6-9-2-4-10(13)5-3-9/h2-5,7H,6,13H2,1H3,(H,14,16). The highest BCUT2D eigenvalue weighted by atomic mass is 16.3. The van der Waals surface area contributed by atoms with Crippen molar-refractivity contribution in [3.8, 4) is 0 Å². The molecule has 2 aromatic rings. The second-order valence-corrected chi connectivity index (χ2v) is 3.69. The first-order valence-corrected chi connectivity index (χ1v) is 5.19. The van der Waals surface area contributed by atoms with E-state index in [0.29, 0.717) is 17.9 Å². The van der Waals surface area contributed by atoms with Crippen LogP contribution in [0.15, 0.2) is 35.1 Å². The normalized spacial score (nSPS) is 10.2. The molecule has 0 fully saturated rings. The van der Waals surface area contributed by atoms with Gasteiger partial charge in [-0.15, -0.1) is 0 Å². The molecule has 0 saturated heterocycles. The van der Waals surface area contributed by atoms with Crippen LogP contribution in [0.5, 0.6) is 0 Å². The van der Waals surface area contributed by atoms with Gasteiger partial charge in [0.1, 0.15) is 0 Å². The number of nitrogens with one attached hydrogen (secondary N) is 1. The maximum atomic E-state index is 11.7. The van der Waals surface area contributed by atoms with Crippen LogP contribution in [0.4, 0.5) is 5.69 Å². The van der Waals surface area contributed by atoms with E-state index in [1.165, 1.54) is 6.39 Å². The molecule has 0 atom stereocenters. The van der Waals surface area contributed by atoms with E-state index in [9.17, 15) is 4.79 Å². The molecule has 5 nitrogen and oxygen atoms in total. The molecule has 88 valence electrons. The van der Waals surface area contributed by atoms with Gasteiger partial charge in [-0.25, -0.2) is 4.98 Å². The highest BCUT2D eigenvalue weighted by Crippen LogP contribution is 2.07. The molecule has 1 aromatic heterocycles. The molecule has 0 unspecified atom stereocenters. The van der Waals surface area contributed by atoms with Crippen LogP contribution in [0.2, 0.25) is 0 Å². The monoisotopic (exact) mass is 231 g/mol. The van der Waals surface area contributed by atoms with Gasteiger partial charge in [0.15, 0.2) is 6.39 Å². The van der Waals surface area contributed by atoms with E-state index in [1.807, 2.05) is 12.1 Å². The Bertz CT molecular complexity index is 517. The number of oxazole rings is 1. The minimum absolute atomic E-state index is 0.250. The summed E-state index contributed by atoms with van der Waals surface area (Å²) in [6.45, 7) is 2.15. The lowest BCUT2D eigenvalue weighted by Crippen LogP contribution is -2.23. The van der Waals surface area contributed by atoms with Crippen molar-refractivity contribution in [1.82, 2.24) is 10.3 Å². The summed E-state index contributed by atoms with van der Waals surface area (Å²) in [5, 5.41) is 2.75. The van der Waals surface area contributed by atoms with Gasteiger partial charge in [-0.3, -0.25) is 4.79 Å². The number of carbonyl (C=O) groups excluding carboxylic acids is 1. The van der Waals surface area contributed by atoms with Crippen molar-refractivity contribution in [2.45, 2.75) is 13.5 Å². The molecule has 0 aliphatic heterocycles. The number of benzene rings is 1. The van der Waals surface area contributed by atoms with Gasteiger partial charge >= 0.3 is 0 Å². The van der Waals surface area contributed by atoms with Crippen LogP contribution in [-0.2, 0) is 6.54 Å². The van der Waals surface area contributed by atoms with Gasteiger partial charge in [0, 0.05) is 12.2 Å². The van der Waals surface area contributed by atoms with Gasteiger partial charge in [-0.05, 0) is 24.6 Å². The third-order valence-corrected chi connectivity index (χ3v) is 2.38. The molecule has 0 aliphatic rings. The lowest BCUT2D eigenvalue weighted by atomic mass is 10.2. The lowest BCUT2D eigenvalue weighted by Gasteiger charge is -2.04. The Morgan fingerprint density at radius 2 is 2.12 bits per heavy atom. The predicted molar refractivity (Wildman–Crippen MR) is 63.3 cm³/mol. The first-order chi connectivity index (χ1) is 8.16. The van der Waals surface area contributed by atoms with Crippen molar-refractivity contribution in [3.63, 3.8) is 0 Å². The summed E-state index contributed by atoms with van der Waals surface area (Å²) in [7, 11) is 0. The molecule has 0 bridgehead atoms. The van der Waals surface area contributed by atoms with Crippen LogP contribution in [-0.4, -0.2) is 10.9 Å². The first kappa shape index (κ1) is 11.2. The summed E-state index contributed by atoms with van der Waals surface area (Å²) in [6, 6.07) is 7.31. The van der Waals surface area contributed by atoms with E-state index < -0.39 is 0 Å². The second-order valence-electron chi connectivity index (χ2n) is 3.69. The van der Waals surface area contributed by atoms with Crippen molar-refractivity contribution in [2.75, 3.05) is 5.73 Å². The van der Waals surface area contributed by atoms with Crippen LogP contribution < -0.4 is 11.1 Å². The minimum atomic E-state index is -0.267. The zero-order valence-electron chi connectivity index (χ0n) is 9.43. The summed E-state index contributed by atoms with van der Waals surface area (Å²) in [4.78, 5) is 15.6. The van der Waals surface area contributed by atoms with Gasteiger partial charge in [0.05, 0.1) is 5.69 Å². The number of hydrogen-bond donors (Lipinski definition) is 2. The maximum Gasteiger partial charge on any atom is 0.289 e. The zero-order valence-corrected chi connectivity index (χ0v) is 9.43. The topological polar surface area (TPSA) is 81.2 Å². The predicted octanol–water partition coefficient (Wildman–Crippen LogP) is 1.50. The first-order valence-electron chi connectivity index (χ1n) is 5.19. The Morgan fingerprint density at radius 1 is 1.41 bits per heavy atom. The van der Waals surface area contributed by atoms with Crippen LogP contribution in [0, 0.1) is 6.92 Å². The Hall–Kier alpha value is -2.30. The molecular weight excluding hydrogens is 218 g/mol. The third kappa shape index (κ3) is 2.63. The fourth-order valence-corrected chi connectivity index (χ4v) is 1.42. The number of nitrogens with two attached hydrogens (primary N) is 1. The zero-order chi connectivity index (χ0) is 12.3. The Morgan fingerprint density at radius 3 is 2.71 bits per heavy atom. The number of nitrogen functional groups attached to an aromatic ring is 1. The molecule has 0 saturated carbocycles. The van der Waals surface area contributed by atoms with Gasteiger partial charge in [0.25, 0.3) is 5.91 Å². The molecular formula is C12H13N3O2. The van der Waals surface area contributed by atoms with Crippen molar-refractivity contribution >= 4 is 11.6 Å². The Labute approximate surface area is 98.6 Å². The number of anilines is 1. The minimum Gasteiger partial charge on any atom is -0.438 e. The van der Waals surface area contributed by atoms with Crippen molar-refractivity contribution in [3.05, 3.63) is 47.7 Å². The summed E-state index contributed by atoms with van der Waals surface area (Å²) >= 11 is 0. The number of aryl methyl sites for hydroxylation is 1. The molecule has 1 heterocycles. The largest absolute Gasteiger partial charge is 0.438 e. The lowest BCUT2D eigenvalue weighted by molar-refractivity contribution is 0.0922. The van der Waals surface area contributed by atoms with Gasteiger partial charge in [0.2, 0.25) is 5.76 Å². The highest BCUT2D eigenvalue weighted by Gasteiger charge is 2.12. The molecule has 5 heteroatoms. The molecule has 0 radical (unpaired) electrons. The fourth-order valence-electron chi connectivity index (χ4n) is 1.42. The molecule has 0 spiro atoms. The number of rotatable bonds is 3. The molecule has 1 aromatic carbocycles. The summed E-state index contributed by atoms with van der Waals surface area (Å²) in [5.74, 6) is -0.0164. The van der Waals surface area contributed by atoms with E-state index >= 15 is 0 Å². The van der Waals surface area contributed by atoms with Crippen molar-refractivity contribution < 1.29 is 9.21 Å². The molecule has 0 aliphatic carbocycles. The van der Waals surface area contributed by atoms with E-state index in [1.54, 1.807) is 19.1 Å². The van der Waals surface area contributed by atoms with Crippen LogP contribution in [0.25, 0.3) is 0 Å².